The molecular formula is C13H9N3O2. The number of hydrogen-bond donors (Lipinski definition) is 1. The highest BCUT2D eigenvalue weighted by Gasteiger charge is 2.06. The molecule has 1 N–H and O–H groups in total. The van der Waals surface area contributed by atoms with E-state index in [0.717, 1.165) is 0 Å². The van der Waals surface area contributed by atoms with Crippen LogP contribution in [-0.2, 0) is 0 Å². The van der Waals surface area contributed by atoms with Crippen LogP contribution < -0.4 is 10.3 Å². The topological polar surface area (TPSA) is 59.4 Å². The Morgan fingerprint density at radius 3 is 3.17 bits per heavy atom. The molecule has 0 aromatic carbocycles. The molecule has 5 heteroatoms. The van der Waals surface area contributed by atoms with E-state index in [2.05, 4.69) is 15.9 Å². The van der Waals surface area contributed by atoms with Gasteiger partial charge in [-0.2, -0.15) is 4.98 Å². The van der Waals surface area contributed by atoms with Gasteiger partial charge in [0.1, 0.15) is 5.52 Å². The number of rotatable bonds is 2. The molecule has 0 radical (unpaired) electrons. The van der Waals surface area contributed by atoms with Crippen molar-refractivity contribution in [3.63, 3.8) is 0 Å². The molecule has 5 nitrogen and oxygen atoms in total. The predicted octanol–water partition coefficient (Wildman–Crippen LogP) is 1.19. The quantitative estimate of drug-likeness (QED) is 0.683. The average molecular weight is 239 g/mol. The SMILES string of the molecule is C#CCOc1ccc2[nH]c(=O)c3cccn3c2n1. The van der Waals surface area contributed by atoms with Crippen LogP contribution >= 0.6 is 0 Å². The van der Waals surface area contributed by atoms with Crippen molar-refractivity contribution in [2.75, 3.05) is 6.61 Å². The van der Waals surface area contributed by atoms with Crippen molar-refractivity contribution in [1.29, 1.82) is 0 Å². The van der Waals surface area contributed by atoms with Gasteiger partial charge in [-0.3, -0.25) is 9.20 Å². The number of aromatic amines is 1. The summed E-state index contributed by atoms with van der Waals surface area (Å²) >= 11 is 0. The molecule has 0 saturated carbocycles. The van der Waals surface area contributed by atoms with Crippen molar-refractivity contribution in [2.24, 2.45) is 0 Å². The van der Waals surface area contributed by atoms with Crippen molar-refractivity contribution in [3.05, 3.63) is 40.8 Å². The third-order valence-corrected chi connectivity index (χ3v) is 2.61. The first-order valence-corrected chi connectivity index (χ1v) is 5.36. The molecule has 0 spiro atoms. The zero-order valence-corrected chi connectivity index (χ0v) is 9.38. The summed E-state index contributed by atoms with van der Waals surface area (Å²) in [5.74, 6) is 2.81. The van der Waals surface area contributed by atoms with Gasteiger partial charge in [-0.05, 0) is 18.2 Å². The molecule has 0 fully saturated rings. The minimum absolute atomic E-state index is 0.147. The fraction of sp³-hybridized carbons (Fsp3) is 0.0769. The van der Waals surface area contributed by atoms with Gasteiger partial charge in [-0.1, -0.05) is 5.92 Å². The van der Waals surface area contributed by atoms with Crippen molar-refractivity contribution >= 4 is 16.7 Å². The van der Waals surface area contributed by atoms with Gasteiger partial charge in [0.05, 0.1) is 5.52 Å². The summed E-state index contributed by atoms with van der Waals surface area (Å²) in [6.45, 7) is 0.163. The van der Waals surface area contributed by atoms with Crippen molar-refractivity contribution in [2.45, 2.75) is 0 Å². The first-order chi connectivity index (χ1) is 8.79. The molecule has 3 rings (SSSR count). The average Bonchev–Trinajstić information content (AvgIpc) is 2.87. The Bertz CT molecular complexity index is 823. The molecule has 3 heterocycles. The van der Waals surface area contributed by atoms with Crippen LogP contribution in [0.5, 0.6) is 5.88 Å². The lowest BCUT2D eigenvalue weighted by Gasteiger charge is -2.05. The van der Waals surface area contributed by atoms with Gasteiger partial charge in [0, 0.05) is 12.3 Å². The van der Waals surface area contributed by atoms with E-state index in [4.69, 9.17) is 11.2 Å². The molecule has 0 unspecified atom stereocenters. The largest absolute Gasteiger partial charge is 0.464 e. The van der Waals surface area contributed by atoms with E-state index in [-0.39, 0.29) is 12.2 Å². The Balaban J connectivity index is 2.29. The number of hydrogen-bond acceptors (Lipinski definition) is 3. The fourth-order valence-corrected chi connectivity index (χ4v) is 1.85. The highest BCUT2D eigenvalue weighted by molar-refractivity contribution is 5.74. The molecule has 0 amide bonds. The number of H-pyrrole nitrogens is 1. The van der Waals surface area contributed by atoms with Gasteiger partial charge < -0.3 is 9.72 Å². The Hall–Kier alpha value is -2.74. The zero-order valence-electron chi connectivity index (χ0n) is 9.38. The first-order valence-electron chi connectivity index (χ1n) is 5.36. The second-order valence-electron chi connectivity index (χ2n) is 3.73. The van der Waals surface area contributed by atoms with Crippen LogP contribution in [-0.4, -0.2) is 21.0 Å². The normalized spacial score (nSPS) is 10.6. The summed E-state index contributed by atoms with van der Waals surface area (Å²) in [5.41, 5.74) is 1.68. The third kappa shape index (κ3) is 1.52. The van der Waals surface area contributed by atoms with Gasteiger partial charge in [-0.15, -0.1) is 6.42 Å². The van der Waals surface area contributed by atoms with Crippen LogP contribution in [0.2, 0.25) is 0 Å². The van der Waals surface area contributed by atoms with Crippen LogP contribution in [0.25, 0.3) is 16.7 Å². The zero-order chi connectivity index (χ0) is 12.5. The van der Waals surface area contributed by atoms with Gasteiger partial charge in [0.15, 0.2) is 12.3 Å². The van der Waals surface area contributed by atoms with Crippen LogP contribution in [0.1, 0.15) is 0 Å². The summed E-state index contributed by atoms with van der Waals surface area (Å²) in [6.07, 6.45) is 6.91. The number of aromatic nitrogens is 3. The van der Waals surface area contributed by atoms with E-state index in [1.54, 1.807) is 34.9 Å². The number of fused-ring (bicyclic) bond motifs is 3. The lowest BCUT2D eigenvalue weighted by molar-refractivity contribution is 0.356. The number of terminal acetylenes is 1. The van der Waals surface area contributed by atoms with E-state index in [1.807, 2.05) is 0 Å². The Kier molecular flexibility index (Phi) is 2.27. The lowest BCUT2D eigenvalue weighted by Crippen LogP contribution is -2.10. The molecule has 18 heavy (non-hydrogen) atoms. The number of ether oxygens (including phenoxy) is 1. The summed E-state index contributed by atoms with van der Waals surface area (Å²) in [4.78, 5) is 18.8. The summed E-state index contributed by atoms with van der Waals surface area (Å²) < 4.78 is 6.99. The Labute approximate surface area is 102 Å². The molecule has 0 aliphatic carbocycles. The van der Waals surface area contributed by atoms with Gasteiger partial charge >= 0.3 is 0 Å². The minimum Gasteiger partial charge on any atom is -0.464 e. The van der Waals surface area contributed by atoms with E-state index >= 15 is 0 Å². The number of nitrogens with zero attached hydrogens (tertiary/aromatic N) is 2. The van der Waals surface area contributed by atoms with Crippen LogP contribution in [0.4, 0.5) is 0 Å². The van der Waals surface area contributed by atoms with E-state index in [0.29, 0.717) is 22.6 Å². The van der Waals surface area contributed by atoms with Crippen molar-refractivity contribution < 1.29 is 4.74 Å². The number of pyridine rings is 1. The molecule has 0 bridgehead atoms. The summed E-state index contributed by atoms with van der Waals surface area (Å²) in [7, 11) is 0. The summed E-state index contributed by atoms with van der Waals surface area (Å²) in [6, 6.07) is 6.94. The van der Waals surface area contributed by atoms with Crippen molar-refractivity contribution in [1.82, 2.24) is 14.4 Å². The first kappa shape index (κ1) is 10.4. The van der Waals surface area contributed by atoms with Gasteiger partial charge in [-0.25, -0.2) is 0 Å². The molecule has 0 aliphatic heterocycles. The van der Waals surface area contributed by atoms with Crippen LogP contribution in [0, 0.1) is 12.3 Å². The van der Waals surface area contributed by atoms with Crippen LogP contribution in [0.3, 0.4) is 0 Å². The Morgan fingerprint density at radius 2 is 2.33 bits per heavy atom. The number of nitrogens with one attached hydrogen (secondary N) is 1. The molecular weight excluding hydrogens is 230 g/mol. The molecule has 0 saturated heterocycles. The van der Waals surface area contributed by atoms with E-state index < -0.39 is 0 Å². The van der Waals surface area contributed by atoms with Gasteiger partial charge in [0.25, 0.3) is 5.56 Å². The lowest BCUT2D eigenvalue weighted by atomic mass is 10.4. The Morgan fingerprint density at radius 1 is 1.44 bits per heavy atom. The third-order valence-electron chi connectivity index (χ3n) is 2.61. The van der Waals surface area contributed by atoms with Crippen LogP contribution in [0.15, 0.2) is 35.3 Å². The minimum atomic E-state index is -0.147. The van der Waals surface area contributed by atoms with Crippen molar-refractivity contribution in [3.8, 4) is 18.2 Å². The van der Waals surface area contributed by atoms with Gasteiger partial charge in [0.2, 0.25) is 5.88 Å². The highest BCUT2D eigenvalue weighted by Crippen LogP contribution is 2.15. The second-order valence-corrected chi connectivity index (χ2v) is 3.73. The standard InChI is InChI=1S/C13H9N3O2/c1-2-8-18-11-6-5-9-12(15-11)16-7-3-4-10(16)13(17)14-9/h1,3-7H,8H2,(H,14,17). The van der Waals surface area contributed by atoms with E-state index in [1.165, 1.54) is 0 Å². The smallest absolute Gasteiger partial charge is 0.272 e. The maximum absolute atomic E-state index is 11.7. The summed E-state index contributed by atoms with van der Waals surface area (Å²) in [5, 5.41) is 0. The van der Waals surface area contributed by atoms with E-state index in [9.17, 15) is 4.79 Å². The molecule has 0 atom stereocenters. The fourth-order valence-electron chi connectivity index (χ4n) is 1.85. The second kappa shape index (κ2) is 3.93. The monoisotopic (exact) mass is 239 g/mol. The maximum Gasteiger partial charge on any atom is 0.272 e. The molecule has 0 aliphatic rings. The highest BCUT2D eigenvalue weighted by atomic mass is 16.5. The molecule has 3 aromatic rings. The molecule has 88 valence electrons. The maximum atomic E-state index is 11.7. The predicted molar refractivity (Wildman–Crippen MR) is 67.6 cm³/mol. The molecule has 3 aromatic heterocycles.